The van der Waals surface area contributed by atoms with Gasteiger partial charge in [-0.05, 0) is 19.8 Å². The maximum absolute atomic E-state index is 11.0. The van der Waals surface area contributed by atoms with Crippen LogP contribution in [-0.2, 0) is 14.8 Å². The highest BCUT2D eigenvalue weighted by Crippen LogP contribution is 2.06. The fourth-order valence-corrected chi connectivity index (χ4v) is 1.65. The Morgan fingerprint density at radius 2 is 2.23 bits per heavy atom. The van der Waals surface area contributed by atoms with Gasteiger partial charge in [0.25, 0.3) is 0 Å². The molecule has 4 nitrogen and oxygen atoms in total. The Morgan fingerprint density at radius 1 is 1.62 bits per heavy atom. The molecule has 1 atom stereocenters. The van der Waals surface area contributed by atoms with Gasteiger partial charge in [0, 0.05) is 6.61 Å². The zero-order valence-corrected chi connectivity index (χ0v) is 8.72. The van der Waals surface area contributed by atoms with Gasteiger partial charge in [-0.15, -0.1) is 6.58 Å². The minimum atomic E-state index is -3.48. The fourth-order valence-electron chi connectivity index (χ4n) is 0.895. The topological polar surface area (TPSA) is 69.4 Å². The number of sulfonamides is 1. The van der Waals surface area contributed by atoms with Crippen molar-refractivity contribution in [1.29, 1.82) is 0 Å². The van der Waals surface area contributed by atoms with Crippen molar-refractivity contribution in [2.45, 2.75) is 25.0 Å². The maximum Gasteiger partial charge on any atom is 0.214 e. The summed E-state index contributed by atoms with van der Waals surface area (Å²) in [7, 11) is -3.48. The minimum Gasteiger partial charge on any atom is -0.380 e. The van der Waals surface area contributed by atoms with E-state index in [1.807, 2.05) is 6.92 Å². The maximum atomic E-state index is 11.0. The van der Waals surface area contributed by atoms with E-state index in [0.717, 1.165) is 0 Å². The molecule has 0 aliphatic heterocycles. The van der Waals surface area contributed by atoms with Crippen molar-refractivity contribution in [2.24, 2.45) is 5.14 Å². The molecule has 78 valence electrons. The van der Waals surface area contributed by atoms with Crippen molar-refractivity contribution in [3.05, 3.63) is 12.7 Å². The monoisotopic (exact) mass is 207 g/mol. The lowest BCUT2D eigenvalue weighted by Crippen LogP contribution is -2.32. The molecule has 0 aliphatic rings. The summed E-state index contributed by atoms with van der Waals surface area (Å²) in [5.41, 5.74) is 0. The number of ether oxygens (including phenoxy) is 1. The van der Waals surface area contributed by atoms with E-state index in [9.17, 15) is 8.42 Å². The van der Waals surface area contributed by atoms with Gasteiger partial charge in [0.1, 0.15) is 0 Å². The van der Waals surface area contributed by atoms with Crippen LogP contribution in [0.1, 0.15) is 19.8 Å². The Morgan fingerprint density at radius 3 is 2.62 bits per heavy atom. The third-order valence-electron chi connectivity index (χ3n) is 1.67. The van der Waals surface area contributed by atoms with Crippen molar-refractivity contribution in [2.75, 3.05) is 13.2 Å². The van der Waals surface area contributed by atoms with Gasteiger partial charge in [0.05, 0.1) is 11.9 Å². The van der Waals surface area contributed by atoms with Crippen molar-refractivity contribution < 1.29 is 13.2 Å². The van der Waals surface area contributed by atoms with E-state index in [1.165, 1.54) is 0 Å². The lowest BCUT2D eigenvalue weighted by atomic mass is 10.2. The summed E-state index contributed by atoms with van der Waals surface area (Å²) in [5, 5.41) is 4.41. The van der Waals surface area contributed by atoms with E-state index >= 15 is 0 Å². The Bertz CT molecular complexity index is 236. The third kappa shape index (κ3) is 5.79. The van der Waals surface area contributed by atoms with Crippen LogP contribution in [0.3, 0.4) is 0 Å². The normalized spacial score (nSPS) is 14.0. The van der Waals surface area contributed by atoms with Crippen LogP contribution in [0.2, 0.25) is 0 Å². The molecule has 0 bridgehead atoms. The Labute approximate surface area is 79.8 Å². The number of allylic oxidation sites excluding steroid dienone is 1. The molecule has 0 aromatic rings. The molecule has 0 spiro atoms. The number of hydrogen-bond acceptors (Lipinski definition) is 3. The van der Waals surface area contributed by atoms with E-state index in [1.54, 1.807) is 6.08 Å². The second-order valence-corrected chi connectivity index (χ2v) is 4.58. The van der Waals surface area contributed by atoms with Crippen LogP contribution >= 0.6 is 0 Å². The van der Waals surface area contributed by atoms with Gasteiger partial charge >= 0.3 is 0 Å². The average Bonchev–Trinajstić information content (AvgIpc) is 2.02. The summed E-state index contributed by atoms with van der Waals surface area (Å²) in [4.78, 5) is 0. The first-order valence-electron chi connectivity index (χ1n) is 4.22. The molecule has 13 heavy (non-hydrogen) atoms. The van der Waals surface area contributed by atoms with Crippen LogP contribution in [0.25, 0.3) is 0 Å². The molecular formula is C8H17NO3S. The molecule has 0 saturated heterocycles. The quantitative estimate of drug-likeness (QED) is 0.623. The highest BCUT2D eigenvalue weighted by atomic mass is 32.2. The van der Waals surface area contributed by atoms with Gasteiger partial charge in [0.2, 0.25) is 10.0 Å². The SMILES string of the molecule is C=CCC[C@@H](COCC)S(N)(=O)=O. The first-order valence-corrected chi connectivity index (χ1v) is 5.83. The zero-order chi connectivity index (χ0) is 10.3. The van der Waals surface area contributed by atoms with Crippen molar-refractivity contribution >= 4 is 10.0 Å². The van der Waals surface area contributed by atoms with Gasteiger partial charge in [-0.3, -0.25) is 0 Å². The van der Waals surface area contributed by atoms with Crippen LogP contribution in [0.15, 0.2) is 12.7 Å². The molecule has 0 unspecified atom stereocenters. The summed E-state index contributed by atoms with van der Waals surface area (Å²) in [5.74, 6) is 0. The lowest BCUT2D eigenvalue weighted by molar-refractivity contribution is 0.145. The minimum absolute atomic E-state index is 0.170. The standard InChI is InChI=1S/C8H17NO3S/c1-3-5-6-8(7-12-4-2)13(9,10)11/h3,8H,1,4-7H2,2H3,(H2,9,10,11)/t8-/m0/s1. The largest absolute Gasteiger partial charge is 0.380 e. The fraction of sp³-hybridized carbons (Fsp3) is 0.750. The number of hydrogen-bond donors (Lipinski definition) is 1. The van der Waals surface area contributed by atoms with Crippen LogP contribution in [0, 0.1) is 0 Å². The van der Waals surface area contributed by atoms with E-state index in [4.69, 9.17) is 9.88 Å². The van der Waals surface area contributed by atoms with Crippen LogP contribution < -0.4 is 5.14 Å². The summed E-state index contributed by atoms with van der Waals surface area (Å²) < 4.78 is 27.0. The second-order valence-electron chi connectivity index (χ2n) is 2.74. The Balaban J connectivity index is 4.11. The van der Waals surface area contributed by atoms with E-state index in [0.29, 0.717) is 19.4 Å². The zero-order valence-electron chi connectivity index (χ0n) is 7.90. The van der Waals surface area contributed by atoms with Gasteiger partial charge in [0.15, 0.2) is 0 Å². The van der Waals surface area contributed by atoms with Gasteiger partial charge in [-0.1, -0.05) is 6.08 Å². The molecule has 5 heteroatoms. The lowest BCUT2D eigenvalue weighted by Gasteiger charge is -2.12. The van der Waals surface area contributed by atoms with Crippen LogP contribution in [-0.4, -0.2) is 26.9 Å². The molecule has 0 rings (SSSR count). The highest BCUT2D eigenvalue weighted by molar-refractivity contribution is 7.89. The van der Waals surface area contributed by atoms with Crippen molar-refractivity contribution in [1.82, 2.24) is 0 Å². The molecule has 0 aliphatic carbocycles. The summed E-state index contributed by atoms with van der Waals surface area (Å²) in [6.45, 7) is 6.00. The Kier molecular flexibility index (Phi) is 5.94. The number of nitrogens with two attached hydrogens (primary N) is 1. The van der Waals surface area contributed by atoms with Crippen LogP contribution in [0.5, 0.6) is 0 Å². The number of primary sulfonamides is 1. The van der Waals surface area contributed by atoms with Crippen molar-refractivity contribution in [3.63, 3.8) is 0 Å². The summed E-state index contributed by atoms with van der Waals surface area (Å²) in [6, 6.07) is 0. The summed E-state index contributed by atoms with van der Waals surface area (Å²) >= 11 is 0. The Hall–Kier alpha value is -0.390. The molecule has 0 saturated carbocycles. The first kappa shape index (κ1) is 12.6. The van der Waals surface area contributed by atoms with E-state index < -0.39 is 15.3 Å². The summed E-state index contributed by atoms with van der Waals surface area (Å²) in [6.07, 6.45) is 2.78. The van der Waals surface area contributed by atoms with Crippen molar-refractivity contribution in [3.8, 4) is 0 Å². The van der Waals surface area contributed by atoms with Gasteiger partial charge < -0.3 is 4.74 Å². The second kappa shape index (κ2) is 6.12. The predicted molar refractivity (Wildman–Crippen MR) is 52.8 cm³/mol. The first-order chi connectivity index (χ1) is 6.02. The molecule has 0 fully saturated rings. The molecule has 0 heterocycles. The number of rotatable bonds is 7. The molecule has 2 N–H and O–H groups in total. The smallest absolute Gasteiger partial charge is 0.214 e. The van der Waals surface area contributed by atoms with Gasteiger partial charge in [-0.2, -0.15) is 0 Å². The molecule has 0 aromatic heterocycles. The van der Waals surface area contributed by atoms with E-state index in [-0.39, 0.29) is 6.61 Å². The third-order valence-corrected chi connectivity index (χ3v) is 2.97. The van der Waals surface area contributed by atoms with Crippen LogP contribution in [0.4, 0.5) is 0 Å². The van der Waals surface area contributed by atoms with Gasteiger partial charge in [-0.25, -0.2) is 13.6 Å². The highest BCUT2D eigenvalue weighted by Gasteiger charge is 2.20. The molecular weight excluding hydrogens is 190 g/mol. The molecule has 0 amide bonds. The molecule has 0 aromatic carbocycles. The van der Waals surface area contributed by atoms with E-state index in [2.05, 4.69) is 6.58 Å². The average molecular weight is 207 g/mol. The predicted octanol–water partition coefficient (Wildman–Crippen LogP) is 0.646. The molecule has 0 radical (unpaired) electrons.